The van der Waals surface area contributed by atoms with Crippen LogP contribution in [0.2, 0.25) is 0 Å². The van der Waals surface area contributed by atoms with Gasteiger partial charge < -0.3 is 5.32 Å². The molecule has 2 aromatic heterocycles. The van der Waals surface area contributed by atoms with Gasteiger partial charge in [0.1, 0.15) is 0 Å². The van der Waals surface area contributed by atoms with Crippen molar-refractivity contribution < 1.29 is 4.79 Å². The molecule has 2 heterocycles. The Balaban J connectivity index is 1.34. The summed E-state index contributed by atoms with van der Waals surface area (Å²) in [6.45, 7) is 4.18. The Bertz CT molecular complexity index is 1160. The molecule has 4 rings (SSSR count). The fourth-order valence-corrected chi connectivity index (χ4v) is 4.76. The fourth-order valence-electron chi connectivity index (χ4n) is 3.11. The highest BCUT2D eigenvalue weighted by Crippen LogP contribution is 2.27. The molecule has 6 heteroatoms. The summed E-state index contributed by atoms with van der Waals surface area (Å²) in [6, 6.07) is 18.3. The van der Waals surface area contributed by atoms with Crippen LogP contribution >= 0.6 is 23.1 Å². The minimum Gasteiger partial charge on any atom is -0.302 e. The van der Waals surface area contributed by atoms with E-state index in [-0.39, 0.29) is 5.91 Å². The van der Waals surface area contributed by atoms with Crippen LogP contribution in [0, 0.1) is 13.8 Å². The van der Waals surface area contributed by atoms with Gasteiger partial charge in [-0.1, -0.05) is 48.5 Å². The molecule has 0 fully saturated rings. The molecular formula is C23H21N3OS2. The fraction of sp³-hybridized carbons (Fsp3) is 0.174. The standard InChI is InChI=1S/C23H21N3OS2/c1-15-7-6-10-18-16(2)13-21(26-22(15)18)28-12-11-20(27)25-23-24-19(14-29-23)17-8-4-3-5-9-17/h3-10,13-14H,11-12H2,1-2H3,(H,24,25,27). The smallest absolute Gasteiger partial charge is 0.226 e. The number of nitrogens with one attached hydrogen (secondary N) is 1. The quantitative estimate of drug-likeness (QED) is 0.384. The van der Waals surface area contributed by atoms with E-state index in [1.165, 1.54) is 27.8 Å². The SMILES string of the molecule is Cc1cc(SCCC(=O)Nc2nc(-c3ccccc3)cs2)nc2c(C)cccc12. The van der Waals surface area contributed by atoms with Crippen molar-refractivity contribution in [1.29, 1.82) is 0 Å². The lowest BCUT2D eigenvalue weighted by Gasteiger charge is -2.08. The van der Waals surface area contributed by atoms with Crippen molar-refractivity contribution >= 4 is 45.0 Å². The van der Waals surface area contributed by atoms with Crippen molar-refractivity contribution in [3.05, 3.63) is 71.1 Å². The monoisotopic (exact) mass is 419 g/mol. The number of thioether (sulfide) groups is 1. The number of aromatic nitrogens is 2. The average molecular weight is 420 g/mol. The Morgan fingerprint density at radius 1 is 1.03 bits per heavy atom. The zero-order valence-corrected chi connectivity index (χ0v) is 17.9. The number of aryl methyl sites for hydroxylation is 2. The first kappa shape index (κ1) is 19.6. The van der Waals surface area contributed by atoms with Crippen LogP contribution in [0.3, 0.4) is 0 Å². The summed E-state index contributed by atoms with van der Waals surface area (Å²) >= 11 is 3.06. The Hall–Kier alpha value is -2.70. The first-order valence-corrected chi connectivity index (χ1v) is 11.3. The van der Waals surface area contributed by atoms with E-state index in [0.29, 0.717) is 17.3 Å². The third-order valence-electron chi connectivity index (χ3n) is 4.62. The molecule has 4 aromatic rings. The molecule has 0 saturated carbocycles. The summed E-state index contributed by atoms with van der Waals surface area (Å²) in [5.41, 5.74) is 5.35. The van der Waals surface area contributed by atoms with Crippen LogP contribution in [0.4, 0.5) is 5.13 Å². The van der Waals surface area contributed by atoms with Crippen LogP contribution < -0.4 is 5.32 Å². The van der Waals surface area contributed by atoms with Crippen molar-refractivity contribution in [2.45, 2.75) is 25.3 Å². The summed E-state index contributed by atoms with van der Waals surface area (Å²) in [5.74, 6) is 0.646. The molecule has 0 atom stereocenters. The van der Waals surface area contributed by atoms with Crippen LogP contribution in [-0.4, -0.2) is 21.6 Å². The lowest BCUT2D eigenvalue weighted by Crippen LogP contribution is -2.12. The van der Waals surface area contributed by atoms with Gasteiger partial charge in [0.15, 0.2) is 5.13 Å². The van der Waals surface area contributed by atoms with Crippen LogP contribution in [0.15, 0.2) is 65.0 Å². The molecule has 0 radical (unpaired) electrons. The molecule has 0 saturated heterocycles. The second kappa shape index (κ2) is 8.76. The molecule has 2 aromatic carbocycles. The molecule has 0 aliphatic rings. The molecule has 1 amide bonds. The molecule has 0 unspecified atom stereocenters. The van der Waals surface area contributed by atoms with Gasteiger partial charge >= 0.3 is 0 Å². The van der Waals surface area contributed by atoms with Gasteiger partial charge in [-0.3, -0.25) is 4.79 Å². The predicted molar refractivity (Wildman–Crippen MR) is 123 cm³/mol. The third-order valence-corrected chi connectivity index (χ3v) is 6.29. The van der Waals surface area contributed by atoms with Crippen LogP contribution in [0.1, 0.15) is 17.5 Å². The van der Waals surface area contributed by atoms with E-state index in [9.17, 15) is 4.79 Å². The van der Waals surface area contributed by atoms with Gasteiger partial charge in [-0.2, -0.15) is 0 Å². The first-order chi connectivity index (χ1) is 14.1. The lowest BCUT2D eigenvalue weighted by atomic mass is 10.1. The number of pyridine rings is 1. The Kier molecular flexibility index (Phi) is 5.92. The Morgan fingerprint density at radius 2 is 1.86 bits per heavy atom. The number of nitrogens with zero attached hydrogens (tertiary/aromatic N) is 2. The number of rotatable bonds is 6. The highest BCUT2D eigenvalue weighted by Gasteiger charge is 2.10. The number of anilines is 1. The third kappa shape index (κ3) is 4.66. The van der Waals surface area contributed by atoms with Crippen LogP contribution in [0.25, 0.3) is 22.2 Å². The number of para-hydroxylation sites is 1. The zero-order valence-electron chi connectivity index (χ0n) is 16.3. The van der Waals surface area contributed by atoms with Gasteiger partial charge in [0.2, 0.25) is 5.91 Å². The summed E-state index contributed by atoms with van der Waals surface area (Å²) < 4.78 is 0. The number of thiazole rings is 1. The van der Waals surface area contributed by atoms with E-state index in [2.05, 4.69) is 48.4 Å². The van der Waals surface area contributed by atoms with E-state index < -0.39 is 0 Å². The number of benzene rings is 2. The number of fused-ring (bicyclic) bond motifs is 1. The number of amides is 1. The first-order valence-electron chi connectivity index (χ1n) is 9.41. The van der Waals surface area contributed by atoms with E-state index in [1.807, 2.05) is 35.7 Å². The number of hydrogen-bond acceptors (Lipinski definition) is 5. The summed E-state index contributed by atoms with van der Waals surface area (Å²) in [4.78, 5) is 21.6. The maximum Gasteiger partial charge on any atom is 0.226 e. The summed E-state index contributed by atoms with van der Waals surface area (Å²) in [6.07, 6.45) is 0.414. The molecule has 0 aliphatic carbocycles. The highest BCUT2D eigenvalue weighted by molar-refractivity contribution is 7.99. The molecule has 0 spiro atoms. The van der Waals surface area contributed by atoms with Crippen molar-refractivity contribution in [2.24, 2.45) is 0 Å². The molecule has 4 nitrogen and oxygen atoms in total. The second-order valence-corrected chi connectivity index (χ2v) is 8.77. The number of hydrogen-bond donors (Lipinski definition) is 1. The molecule has 29 heavy (non-hydrogen) atoms. The number of carbonyl (C=O) groups excluding carboxylic acids is 1. The normalized spacial score (nSPS) is 11.0. The van der Waals surface area contributed by atoms with Gasteiger partial charge in [-0.25, -0.2) is 9.97 Å². The topological polar surface area (TPSA) is 54.9 Å². The molecule has 146 valence electrons. The Labute approximate surface area is 178 Å². The van der Waals surface area contributed by atoms with Gasteiger partial charge in [-0.05, 0) is 31.0 Å². The van der Waals surface area contributed by atoms with Crippen LogP contribution in [-0.2, 0) is 4.79 Å². The van der Waals surface area contributed by atoms with Crippen molar-refractivity contribution in [3.8, 4) is 11.3 Å². The number of carbonyl (C=O) groups is 1. The molecule has 0 bridgehead atoms. The minimum absolute atomic E-state index is 0.0276. The summed E-state index contributed by atoms with van der Waals surface area (Å²) in [5, 5.41) is 7.64. The second-order valence-electron chi connectivity index (χ2n) is 6.80. The maximum absolute atomic E-state index is 12.3. The van der Waals surface area contributed by atoms with Crippen molar-refractivity contribution in [2.75, 3.05) is 11.1 Å². The van der Waals surface area contributed by atoms with Crippen molar-refractivity contribution in [3.63, 3.8) is 0 Å². The highest BCUT2D eigenvalue weighted by atomic mass is 32.2. The van der Waals surface area contributed by atoms with E-state index >= 15 is 0 Å². The summed E-state index contributed by atoms with van der Waals surface area (Å²) in [7, 11) is 0. The van der Waals surface area contributed by atoms with Gasteiger partial charge in [0, 0.05) is 28.5 Å². The molecule has 0 aliphatic heterocycles. The maximum atomic E-state index is 12.3. The Morgan fingerprint density at radius 3 is 2.69 bits per heavy atom. The van der Waals surface area contributed by atoms with Gasteiger partial charge in [0.05, 0.1) is 16.2 Å². The molecule has 1 N–H and O–H groups in total. The van der Waals surface area contributed by atoms with E-state index in [1.54, 1.807) is 11.8 Å². The van der Waals surface area contributed by atoms with E-state index in [4.69, 9.17) is 4.98 Å². The van der Waals surface area contributed by atoms with Crippen molar-refractivity contribution in [1.82, 2.24) is 9.97 Å². The lowest BCUT2D eigenvalue weighted by molar-refractivity contribution is -0.115. The van der Waals surface area contributed by atoms with E-state index in [0.717, 1.165) is 21.8 Å². The predicted octanol–water partition coefficient (Wildman–Crippen LogP) is 6.10. The van der Waals surface area contributed by atoms with Crippen LogP contribution in [0.5, 0.6) is 0 Å². The zero-order chi connectivity index (χ0) is 20.2. The average Bonchev–Trinajstić information content (AvgIpc) is 3.18. The van der Waals surface area contributed by atoms with Gasteiger partial charge in [-0.15, -0.1) is 23.1 Å². The van der Waals surface area contributed by atoms with Gasteiger partial charge in [0.25, 0.3) is 0 Å². The molecular weight excluding hydrogens is 398 g/mol. The minimum atomic E-state index is -0.0276. The largest absolute Gasteiger partial charge is 0.302 e.